The standard InChI is InChI=1S/C23H24O7SSi/c1-11(24)30-21-13-9-15(32(2,3)4)31-22(13)20(27)16-17(21)19(26)14-10-23(28-7-8-29-23)6-5-12(14)18(16)25/h9,27H,5-8,10H2,1-4H3. The fourth-order valence-electron chi connectivity index (χ4n) is 4.72. The van der Waals surface area contributed by atoms with Crippen molar-refractivity contribution in [1.29, 1.82) is 0 Å². The Hall–Kier alpha value is -2.33. The molecule has 5 rings (SSSR count). The lowest BCUT2D eigenvalue weighted by Crippen LogP contribution is -2.38. The minimum absolute atomic E-state index is 0.0380. The minimum atomic E-state index is -1.77. The molecule has 32 heavy (non-hydrogen) atoms. The smallest absolute Gasteiger partial charge is 0.308 e. The first-order valence-corrected chi connectivity index (χ1v) is 14.9. The van der Waals surface area contributed by atoms with Gasteiger partial charge in [-0.3, -0.25) is 14.4 Å². The van der Waals surface area contributed by atoms with Crippen LogP contribution in [0.5, 0.6) is 11.5 Å². The third-order valence-electron chi connectivity index (χ3n) is 6.27. The average molecular weight is 473 g/mol. The van der Waals surface area contributed by atoms with Crippen LogP contribution in [0.4, 0.5) is 0 Å². The number of ketones is 2. The zero-order chi connectivity index (χ0) is 23.0. The summed E-state index contributed by atoms with van der Waals surface area (Å²) in [4.78, 5) is 39.2. The Balaban J connectivity index is 1.76. The summed E-state index contributed by atoms with van der Waals surface area (Å²) in [6.07, 6.45) is 0.956. The number of Topliss-reactive ketones (excluding diaryl/α,β-unsaturated/α-hetero) is 2. The highest BCUT2D eigenvalue weighted by molar-refractivity contribution is 7.31. The highest BCUT2D eigenvalue weighted by Gasteiger charge is 2.48. The summed E-state index contributed by atoms with van der Waals surface area (Å²) >= 11 is 1.39. The van der Waals surface area contributed by atoms with Gasteiger partial charge in [0.05, 0.1) is 37.1 Å². The number of aromatic hydroxyl groups is 1. The van der Waals surface area contributed by atoms with Crippen LogP contribution in [0, 0.1) is 0 Å². The van der Waals surface area contributed by atoms with Gasteiger partial charge in [-0.05, 0) is 17.0 Å². The molecule has 9 heteroatoms. The Bertz CT molecular complexity index is 1240. The van der Waals surface area contributed by atoms with Gasteiger partial charge >= 0.3 is 5.97 Å². The number of phenolic OH excluding ortho intramolecular Hbond substituents is 1. The SMILES string of the molecule is CC(=O)Oc1c2c(c(O)c3sc([Si](C)(C)C)cc13)C(=O)C1=C(CC3(CC1)OCCO3)C2=O. The van der Waals surface area contributed by atoms with Crippen molar-refractivity contribution in [1.82, 2.24) is 0 Å². The number of fused-ring (bicyclic) bond motifs is 2. The lowest BCUT2D eigenvalue weighted by Gasteiger charge is -2.35. The van der Waals surface area contributed by atoms with Crippen LogP contribution in [0.2, 0.25) is 19.6 Å². The Morgan fingerprint density at radius 3 is 2.41 bits per heavy atom. The predicted molar refractivity (Wildman–Crippen MR) is 122 cm³/mol. The lowest BCUT2D eigenvalue weighted by molar-refractivity contribution is -0.162. The largest absolute Gasteiger partial charge is 0.506 e. The molecule has 1 saturated heterocycles. The molecular weight excluding hydrogens is 448 g/mol. The highest BCUT2D eigenvalue weighted by Crippen LogP contribution is 2.50. The van der Waals surface area contributed by atoms with E-state index >= 15 is 0 Å². The fraction of sp³-hybridized carbons (Fsp3) is 0.435. The molecule has 2 heterocycles. The number of rotatable bonds is 2. The molecule has 2 aliphatic carbocycles. The second kappa shape index (κ2) is 7.08. The number of hydrogen-bond donors (Lipinski definition) is 1. The van der Waals surface area contributed by atoms with E-state index in [1.165, 1.54) is 18.3 Å². The van der Waals surface area contributed by atoms with Gasteiger partial charge in [0.15, 0.2) is 23.1 Å². The molecule has 1 aliphatic heterocycles. The van der Waals surface area contributed by atoms with Gasteiger partial charge in [-0.25, -0.2) is 0 Å². The maximum absolute atomic E-state index is 13.7. The van der Waals surface area contributed by atoms with E-state index in [2.05, 4.69) is 19.6 Å². The van der Waals surface area contributed by atoms with E-state index in [4.69, 9.17) is 14.2 Å². The van der Waals surface area contributed by atoms with E-state index in [1.807, 2.05) is 6.07 Å². The van der Waals surface area contributed by atoms with Crippen molar-refractivity contribution in [3.8, 4) is 11.5 Å². The molecule has 0 atom stereocenters. The number of esters is 1. The number of allylic oxidation sites excluding steroid dienone is 1. The van der Waals surface area contributed by atoms with Crippen molar-refractivity contribution in [3.05, 3.63) is 28.3 Å². The van der Waals surface area contributed by atoms with E-state index < -0.39 is 31.4 Å². The summed E-state index contributed by atoms with van der Waals surface area (Å²) in [5.74, 6) is -2.45. The molecule has 0 unspecified atom stereocenters. The second-order valence-corrected chi connectivity index (χ2v) is 16.0. The van der Waals surface area contributed by atoms with Crippen molar-refractivity contribution in [2.24, 2.45) is 0 Å². The van der Waals surface area contributed by atoms with Gasteiger partial charge < -0.3 is 19.3 Å². The quantitative estimate of drug-likeness (QED) is 0.404. The van der Waals surface area contributed by atoms with E-state index in [0.29, 0.717) is 47.3 Å². The number of hydrogen-bond acceptors (Lipinski definition) is 8. The first-order chi connectivity index (χ1) is 15.0. The molecule has 1 fully saturated rings. The van der Waals surface area contributed by atoms with Crippen molar-refractivity contribution in [3.63, 3.8) is 0 Å². The minimum Gasteiger partial charge on any atom is -0.506 e. The number of phenols is 1. The Labute approximate surface area is 190 Å². The molecule has 1 N–H and O–H groups in total. The molecule has 0 amide bonds. The van der Waals surface area contributed by atoms with E-state index in [1.54, 1.807) is 0 Å². The normalized spacial score (nSPS) is 20.1. The van der Waals surface area contributed by atoms with Crippen LogP contribution >= 0.6 is 11.3 Å². The molecular formula is C23H24O7SSi. The van der Waals surface area contributed by atoms with Gasteiger partial charge in [0, 0.05) is 36.3 Å². The molecule has 1 spiro atoms. The molecule has 7 nitrogen and oxygen atoms in total. The van der Waals surface area contributed by atoms with Crippen molar-refractivity contribution < 1.29 is 33.7 Å². The summed E-state index contributed by atoms with van der Waals surface area (Å²) in [6.45, 7) is 8.63. The molecule has 1 aromatic carbocycles. The van der Waals surface area contributed by atoms with Crippen molar-refractivity contribution in [2.75, 3.05) is 13.2 Å². The maximum atomic E-state index is 13.7. The van der Waals surface area contributed by atoms with Gasteiger partial charge in [0.25, 0.3) is 0 Å². The monoisotopic (exact) mass is 472 g/mol. The molecule has 168 valence electrons. The van der Waals surface area contributed by atoms with E-state index in [-0.39, 0.29) is 29.0 Å². The van der Waals surface area contributed by atoms with Gasteiger partial charge in [-0.1, -0.05) is 19.6 Å². The van der Waals surface area contributed by atoms with Gasteiger partial charge in [-0.15, -0.1) is 11.3 Å². The Morgan fingerprint density at radius 2 is 1.78 bits per heavy atom. The summed E-state index contributed by atoms with van der Waals surface area (Å²) in [7, 11) is -1.77. The first kappa shape index (κ1) is 21.5. The molecule has 0 radical (unpaired) electrons. The molecule has 3 aliphatic rings. The number of carbonyl (C=O) groups excluding carboxylic acids is 3. The van der Waals surface area contributed by atoms with Gasteiger partial charge in [-0.2, -0.15) is 0 Å². The zero-order valence-electron chi connectivity index (χ0n) is 18.4. The Morgan fingerprint density at radius 1 is 1.12 bits per heavy atom. The maximum Gasteiger partial charge on any atom is 0.308 e. The lowest BCUT2D eigenvalue weighted by atomic mass is 9.74. The highest BCUT2D eigenvalue weighted by atomic mass is 32.1. The van der Waals surface area contributed by atoms with E-state index in [0.717, 1.165) is 4.50 Å². The van der Waals surface area contributed by atoms with Gasteiger partial charge in [0.1, 0.15) is 5.75 Å². The summed E-state index contributed by atoms with van der Waals surface area (Å²) in [5.41, 5.74) is 0.607. The fourth-order valence-corrected chi connectivity index (χ4v) is 7.68. The summed E-state index contributed by atoms with van der Waals surface area (Å²) in [6, 6.07) is 1.89. The van der Waals surface area contributed by atoms with Crippen LogP contribution in [-0.4, -0.2) is 49.7 Å². The third-order valence-corrected chi connectivity index (χ3v) is 11.0. The summed E-state index contributed by atoms with van der Waals surface area (Å²) < 4.78 is 18.6. The average Bonchev–Trinajstić information content (AvgIpc) is 3.35. The molecule has 1 aromatic heterocycles. The first-order valence-electron chi connectivity index (χ1n) is 10.6. The van der Waals surface area contributed by atoms with Crippen LogP contribution in [0.15, 0.2) is 17.2 Å². The number of carbonyl (C=O) groups is 3. The predicted octanol–water partition coefficient (Wildman–Crippen LogP) is 3.68. The van der Waals surface area contributed by atoms with Crippen molar-refractivity contribution >= 4 is 51.5 Å². The van der Waals surface area contributed by atoms with Crippen LogP contribution in [0.3, 0.4) is 0 Å². The molecule has 0 bridgehead atoms. The molecule has 2 aromatic rings. The van der Waals surface area contributed by atoms with Crippen molar-refractivity contribution in [2.45, 2.75) is 51.6 Å². The van der Waals surface area contributed by atoms with Gasteiger partial charge in [0.2, 0.25) is 0 Å². The topological polar surface area (TPSA) is 99.1 Å². The molecule has 0 saturated carbocycles. The van der Waals surface area contributed by atoms with Crippen LogP contribution in [0.25, 0.3) is 10.1 Å². The van der Waals surface area contributed by atoms with Crippen LogP contribution in [0.1, 0.15) is 46.9 Å². The number of ether oxygens (including phenoxy) is 3. The zero-order valence-corrected chi connectivity index (χ0v) is 20.2. The number of thiophene rings is 1. The van der Waals surface area contributed by atoms with E-state index in [9.17, 15) is 19.5 Å². The third kappa shape index (κ3) is 3.10. The Kier molecular flexibility index (Phi) is 4.76. The second-order valence-electron chi connectivity index (χ2n) is 9.52. The van der Waals surface area contributed by atoms with Crippen LogP contribution < -0.4 is 9.24 Å². The number of benzene rings is 1. The summed E-state index contributed by atoms with van der Waals surface area (Å²) in [5, 5.41) is 11.6. The van der Waals surface area contributed by atoms with Crippen LogP contribution in [-0.2, 0) is 14.3 Å².